The zero-order chi connectivity index (χ0) is 19.7. The fourth-order valence-corrected chi connectivity index (χ4v) is 4.08. The molecule has 7 heteroatoms. The predicted octanol–water partition coefficient (Wildman–Crippen LogP) is 4.83. The number of carbonyl (C=O) groups is 1. The number of pyridine rings is 1. The molecule has 4 rings (SSSR count). The number of halogens is 2. The second kappa shape index (κ2) is 7.95. The van der Waals surface area contributed by atoms with E-state index in [-0.39, 0.29) is 12.4 Å². The van der Waals surface area contributed by atoms with Crippen LogP contribution in [-0.2, 0) is 20.7 Å². The van der Waals surface area contributed by atoms with E-state index in [1.807, 2.05) is 30.5 Å². The number of rotatable bonds is 4. The molecular weight excluding hydrogens is 399 g/mol. The maximum Gasteiger partial charge on any atom is 0.310 e. The van der Waals surface area contributed by atoms with E-state index in [0.717, 1.165) is 34.2 Å². The van der Waals surface area contributed by atoms with Crippen molar-refractivity contribution in [1.29, 1.82) is 0 Å². The van der Waals surface area contributed by atoms with Crippen molar-refractivity contribution in [3.63, 3.8) is 0 Å². The van der Waals surface area contributed by atoms with Gasteiger partial charge in [0.25, 0.3) is 0 Å². The Morgan fingerprint density at radius 1 is 1.25 bits per heavy atom. The largest absolute Gasteiger partial charge is 0.469 e. The van der Waals surface area contributed by atoms with E-state index in [9.17, 15) is 4.79 Å². The number of nitrogens with zero attached hydrogens (tertiary/aromatic N) is 2. The molecule has 0 saturated heterocycles. The van der Waals surface area contributed by atoms with Crippen LogP contribution in [0.5, 0.6) is 0 Å². The van der Waals surface area contributed by atoms with Gasteiger partial charge in [-0.3, -0.25) is 4.79 Å². The van der Waals surface area contributed by atoms with Gasteiger partial charge in [0.15, 0.2) is 0 Å². The first-order chi connectivity index (χ1) is 13.6. The quantitative estimate of drug-likeness (QED) is 0.571. The Bertz CT molecular complexity index is 1070. The standard InChI is InChI=1S/C21H18Cl2N2O3/c1-27-20(26)11-16-12-24-25-5-2-14(10-19(16)25)21-17(22)8-15(9-18(21)23)13-3-6-28-7-4-13/h2-3,5,8-10,12H,4,6-7,11H2,1H3. The summed E-state index contributed by atoms with van der Waals surface area (Å²) in [5.74, 6) is -0.314. The number of carbonyl (C=O) groups excluding carboxylic acids is 1. The van der Waals surface area contributed by atoms with E-state index in [1.54, 1.807) is 10.7 Å². The van der Waals surface area contributed by atoms with Gasteiger partial charge in [-0.1, -0.05) is 29.3 Å². The normalized spacial score (nSPS) is 14.2. The number of aromatic nitrogens is 2. The Labute approximate surface area is 172 Å². The molecule has 1 aliphatic rings. The zero-order valence-electron chi connectivity index (χ0n) is 15.2. The van der Waals surface area contributed by atoms with Gasteiger partial charge in [-0.05, 0) is 47.4 Å². The number of methoxy groups -OCH3 is 1. The van der Waals surface area contributed by atoms with E-state index in [4.69, 9.17) is 32.7 Å². The van der Waals surface area contributed by atoms with Crippen molar-refractivity contribution in [3.05, 3.63) is 63.9 Å². The van der Waals surface area contributed by atoms with Gasteiger partial charge < -0.3 is 9.47 Å². The lowest BCUT2D eigenvalue weighted by molar-refractivity contribution is -0.139. The molecule has 3 aromatic rings. The first-order valence-electron chi connectivity index (χ1n) is 8.86. The second-order valence-corrected chi connectivity index (χ2v) is 7.35. The summed E-state index contributed by atoms with van der Waals surface area (Å²) in [4.78, 5) is 11.7. The monoisotopic (exact) mass is 416 g/mol. The minimum atomic E-state index is -0.314. The molecule has 0 atom stereocenters. The first kappa shape index (κ1) is 19.0. The summed E-state index contributed by atoms with van der Waals surface area (Å²) in [5, 5.41) is 5.44. The van der Waals surface area contributed by atoms with Crippen LogP contribution in [0.1, 0.15) is 17.5 Å². The predicted molar refractivity (Wildman–Crippen MR) is 110 cm³/mol. The molecule has 1 aliphatic heterocycles. The molecule has 0 radical (unpaired) electrons. The van der Waals surface area contributed by atoms with E-state index in [0.29, 0.717) is 23.3 Å². The van der Waals surface area contributed by atoms with Gasteiger partial charge in [0.2, 0.25) is 0 Å². The molecule has 0 bridgehead atoms. The van der Waals surface area contributed by atoms with Gasteiger partial charge in [-0.15, -0.1) is 0 Å². The van der Waals surface area contributed by atoms with Gasteiger partial charge in [-0.25, -0.2) is 4.52 Å². The fraction of sp³-hybridized carbons (Fsp3) is 0.238. The van der Waals surface area contributed by atoms with Crippen LogP contribution >= 0.6 is 23.2 Å². The molecule has 3 heterocycles. The van der Waals surface area contributed by atoms with Crippen LogP contribution in [0.2, 0.25) is 10.0 Å². The summed E-state index contributed by atoms with van der Waals surface area (Å²) in [6.07, 6.45) is 6.54. The number of fused-ring (bicyclic) bond motifs is 1. The van der Waals surface area contributed by atoms with E-state index >= 15 is 0 Å². The maximum atomic E-state index is 11.7. The number of hydrogen-bond acceptors (Lipinski definition) is 4. The van der Waals surface area contributed by atoms with Crippen molar-refractivity contribution in [2.45, 2.75) is 12.8 Å². The molecule has 0 aliphatic carbocycles. The lowest BCUT2D eigenvalue weighted by Gasteiger charge is -2.16. The smallest absolute Gasteiger partial charge is 0.310 e. The van der Waals surface area contributed by atoms with Gasteiger partial charge in [0.1, 0.15) is 0 Å². The zero-order valence-corrected chi connectivity index (χ0v) is 16.8. The third kappa shape index (κ3) is 3.65. The van der Waals surface area contributed by atoms with Crippen molar-refractivity contribution in [3.8, 4) is 11.1 Å². The number of esters is 1. The van der Waals surface area contributed by atoms with Crippen LogP contribution in [0.15, 0.2) is 42.7 Å². The lowest BCUT2D eigenvalue weighted by Crippen LogP contribution is -2.04. The van der Waals surface area contributed by atoms with Crippen molar-refractivity contribution in [2.75, 3.05) is 20.3 Å². The molecular formula is C21H18Cl2N2O3. The topological polar surface area (TPSA) is 52.8 Å². The van der Waals surface area contributed by atoms with Crippen LogP contribution < -0.4 is 0 Å². The van der Waals surface area contributed by atoms with Crippen LogP contribution in [0, 0.1) is 0 Å². The van der Waals surface area contributed by atoms with Crippen LogP contribution in [0.4, 0.5) is 0 Å². The van der Waals surface area contributed by atoms with E-state index < -0.39 is 0 Å². The Morgan fingerprint density at radius 3 is 2.71 bits per heavy atom. The lowest BCUT2D eigenvalue weighted by atomic mass is 9.97. The highest BCUT2D eigenvalue weighted by Crippen LogP contribution is 2.38. The molecule has 0 fully saturated rings. The summed E-state index contributed by atoms with van der Waals surface area (Å²) in [5.41, 5.74) is 5.41. The van der Waals surface area contributed by atoms with Gasteiger partial charge in [0.05, 0.1) is 48.5 Å². The molecule has 1 aromatic carbocycles. The molecule has 5 nitrogen and oxygen atoms in total. The molecule has 28 heavy (non-hydrogen) atoms. The maximum absolute atomic E-state index is 11.7. The molecule has 144 valence electrons. The average molecular weight is 417 g/mol. The molecule has 0 unspecified atom stereocenters. The molecule has 2 aromatic heterocycles. The summed E-state index contributed by atoms with van der Waals surface area (Å²) in [6.45, 7) is 1.30. The van der Waals surface area contributed by atoms with E-state index in [1.165, 1.54) is 12.7 Å². The molecule has 0 spiro atoms. The van der Waals surface area contributed by atoms with Crippen LogP contribution in [0.25, 0.3) is 22.2 Å². The first-order valence-corrected chi connectivity index (χ1v) is 9.62. The summed E-state index contributed by atoms with van der Waals surface area (Å²) in [6, 6.07) is 7.72. The number of benzene rings is 1. The van der Waals surface area contributed by atoms with Crippen molar-refractivity contribution < 1.29 is 14.3 Å². The van der Waals surface area contributed by atoms with Gasteiger partial charge in [-0.2, -0.15) is 5.10 Å². The Kier molecular flexibility index (Phi) is 5.40. The van der Waals surface area contributed by atoms with Crippen molar-refractivity contribution in [1.82, 2.24) is 9.61 Å². The van der Waals surface area contributed by atoms with Crippen molar-refractivity contribution >= 4 is 40.3 Å². The van der Waals surface area contributed by atoms with Crippen molar-refractivity contribution in [2.24, 2.45) is 0 Å². The Hall–Kier alpha value is -2.34. The van der Waals surface area contributed by atoms with Crippen LogP contribution in [0.3, 0.4) is 0 Å². The molecule has 0 N–H and O–H groups in total. The van der Waals surface area contributed by atoms with E-state index in [2.05, 4.69) is 11.2 Å². The third-order valence-corrected chi connectivity index (χ3v) is 5.42. The SMILES string of the molecule is COC(=O)Cc1cnn2ccc(-c3c(Cl)cc(C4=CCOCC4)cc3Cl)cc12. The molecule has 0 amide bonds. The summed E-state index contributed by atoms with van der Waals surface area (Å²) >= 11 is 13.2. The second-order valence-electron chi connectivity index (χ2n) is 6.54. The third-order valence-electron chi connectivity index (χ3n) is 4.83. The Balaban J connectivity index is 1.76. The summed E-state index contributed by atoms with van der Waals surface area (Å²) in [7, 11) is 1.37. The minimum absolute atomic E-state index is 0.153. The average Bonchev–Trinajstić information content (AvgIpc) is 3.10. The number of hydrogen-bond donors (Lipinski definition) is 0. The minimum Gasteiger partial charge on any atom is -0.469 e. The molecule has 0 saturated carbocycles. The highest BCUT2D eigenvalue weighted by Gasteiger charge is 2.16. The van der Waals surface area contributed by atoms with Gasteiger partial charge >= 0.3 is 5.97 Å². The highest BCUT2D eigenvalue weighted by atomic mass is 35.5. The fourth-order valence-electron chi connectivity index (χ4n) is 3.37. The van der Waals surface area contributed by atoms with Crippen LogP contribution in [-0.4, -0.2) is 35.9 Å². The summed E-state index contributed by atoms with van der Waals surface area (Å²) < 4.78 is 11.8. The van der Waals surface area contributed by atoms with Gasteiger partial charge in [0, 0.05) is 17.3 Å². The Morgan fingerprint density at radius 2 is 2.04 bits per heavy atom. The highest BCUT2D eigenvalue weighted by molar-refractivity contribution is 6.39. The number of ether oxygens (including phenoxy) is 2.